The summed E-state index contributed by atoms with van der Waals surface area (Å²) < 4.78 is 68.0. The molecule has 3 N–H and O–H groups in total. The second kappa shape index (κ2) is 12.5. The van der Waals surface area contributed by atoms with Crippen molar-refractivity contribution in [1.82, 2.24) is 5.32 Å². The van der Waals surface area contributed by atoms with Gasteiger partial charge in [-0.3, -0.25) is 9.52 Å². The van der Waals surface area contributed by atoms with Gasteiger partial charge in [0.15, 0.2) is 0 Å². The molecule has 0 aromatic heterocycles. The van der Waals surface area contributed by atoms with Crippen LogP contribution in [0.25, 0.3) is 0 Å². The summed E-state index contributed by atoms with van der Waals surface area (Å²) in [6.45, 7) is 5.10. The van der Waals surface area contributed by atoms with Crippen molar-refractivity contribution >= 4 is 62.6 Å². The van der Waals surface area contributed by atoms with Crippen LogP contribution in [-0.2, 0) is 26.7 Å². The number of carboxylic acids is 1. The molecule has 7 nitrogen and oxygen atoms in total. The highest BCUT2D eigenvalue weighted by Gasteiger charge is 2.35. The van der Waals surface area contributed by atoms with E-state index in [0.29, 0.717) is 16.7 Å². The van der Waals surface area contributed by atoms with Gasteiger partial charge in [0.25, 0.3) is 15.9 Å². The maximum absolute atomic E-state index is 13.3. The van der Waals surface area contributed by atoms with E-state index < -0.39 is 55.0 Å². The lowest BCUT2D eigenvalue weighted by atomic mass is 9.86. The fourth-order valence-electron chi connectivity index (χ4n) is 3.58. The molecule has 0 heterocycles. The monoisotopic (exact) mass is 648 g/mol. The van der Waals surface area contributed by atoms with E-state index >= 15 is 0 Å². The van der Waals surface area contributed by atoms with Gasteiger partial charge in [-0.15, -0.1) is 11.8 Å². The molecule has 0 saturated heterocycles. The Morgan fingerprint density at radius 1 is 0.976 bits per heavy atom. The Hall–Kier alpha value is -2.93. The van der Waals surface area contributed by atoms with Gasteiger partial charge in [0, 0.05) is 21.2 Å². The maximum atomic E-state index is 13.3. The molecule has 0 aliphatic carbocycles. The molecule has 0 aliphatic heterocycles. The summed E-state index contributed by atoms with van der Waals surface area (Å²) in [4.78, 5) is 24.0. The average Bonchev–Trinajstić information content (AvgIpc) is 2.85. The number of carbonyl (C=O) groups is 2. The first-order valence-corrected chi connectivity index (χ1v) is 15.1. The molecular formula is C27H25Cl2F3N2O5S2. The largest absolute Gasteiger partial charge is 0.480 e. The topological polar surface area (TPSA) is 113 Å². The lowest BCUT2D eigenvalue weighted by Crippen LogP contribution is -2.49. The van der Waals surface area contributed by atoms with E-state index in [1.807, 2.05) is 0 Å². The molecule has 41 heavy (non-hydrogen) atoms. The summed E-state index contributed by atoms with van der Waals surface area (Å²) in [5.41, 5.74) is -0.909. The molecule has 3 aromatic rings. The fourth-order valence-corrected chi connectivity index (χ4v) is 6.08. The smallest absolute Gasteiger partial charge is 0.417 e. The molecule has 0 saturated carbocycles. The van der Waals surface area contributed by atoms with Gasteiger partial charge in [-0.05, 0) is 59.5 Å². The van der Waals surface area contributed by atoms with Crippen LogP contribution in [-0.4, -0.2) is 31.4 Å². The normalized spacial score (nSPS) is 13.0. The van der Waals surface area contributed by atoms with Crippen LogP contribution < -0.4 is 10.0 Å². The molecule has 0 bridgehead atoms. The fraction of sp³-hybridized carbons (Fsp3) is 0.259. The van der Waals surface area contributed by atoms with Gasteiger partial charge in [0.1, 0.15) is 6.04 Å². The van der Waals surface area contributed by atoms with Crippen LogP contribution in [0, 0.1) is 5.41 Å². The van der Waals surface area contributed by atoms with Crippen molar-refractivity contribution in [3.05, 3.63) is 87.4 Å². The number of carbonyl (C=O) groups excluding carboxylic acids is 1. The van der Waals surface area contributed by atoms with E-state index in [1.54, 1.807) is 39.0 Å². The number of hydrogen-bond acceptors (Lipinski definition) is 5. The number of rotatable bonds is 9. The van der Waals surface area contributed by atoms with Crippen LogP contribution in [0.15, 0.2) is 70.5 Å². The molecule has 1 unspecified atom stereocenters. The van der Waals surface area contributed by atoms with Gasteiger partial charge < -0.3 is 10.4 Å². The zero-order chi connectivity index (χ0) is 30.8. The second-order valence-electron chi connectivity index (χ2n) is 9.98. The highest BCUT2D eigenvalue weighted by atomic mass is 35.5. The predicted molar refractivity (Wildman–Crippen MR) is 153 cm³/mol. The number of sulfonamides is 1. The lowest BCUT2D eigenvalue weighted by Gasteiger charge is -2.27. The van der Waals surface area contributed by atoms with Crippen molar-refractivity contribution in [2.75, 3.05) is 4.72 Å². The molecule has 0 fully saturated rings. The van der Waals surface area contributed by atoms with Crippen molar-refractivity contribution in [2.24, 2.45) is 5.41 Å². The standard InChI is InChI=1S/C27H25Cl2F3N2O5S2/c1-26(2,3)23(25(36)37)33-24(35)16-6-4-15(5-7-16)14-40-22-11-8-17(28)12-21(22)34-41(38,39)18-9-10-20(29)19(13-18)27(30,31)32/h4-13,23,34H,14H2,1-3H3,(H,33,35)(H,36,37). The van der Waals surface area contributed by atoms with Gasteiger partial charge in [0.05, 0.1) is 21.2 Å². The number of alkyl halides is 3. The third-order valence-corrected chi connectivity index (χ3v) is 8.81. The number of halogens is 5. The summed E-state index contributed by atoms with van der Waals surface area (Å²) in [5, 5.41) is 11.5. The van der Waals surface area contributed by atoms with Crippen molar-refractivity contribution in [2.45, 2.75) is 48.5 Å². The van der Waals surface area contributed by atoms with Crippen molar-refractivity contribution in [3.8, 4) is 0 Å². The molecule has 0 aliphatic rings. The molecule has 3 aromatic carbocycles. The summed E-state index contributed by atoms with van der Waals surface area (Å²) in [7, 11) is -4.44. The van der Waals surface area contributed by atoms with Crippen molar-refractivity contribution < 1.29 is 36.3 Å². The number of carboxylic acid groups (broad SMARTS) is 1. The predicted octanol–water partition coefficient (Wildman–Crippen LogP) is 7.33. The molecular weight excluding hydrogens is 624 g/mol. The Morgan fingerprint density at radius 2 is 1.61 bits per heavy atom. The van der Waals surface area contributed by atoms with E-state index in [-0.39, 0.29) is 16.3 Å². The summed E-state index contributed by atoms with van der Waals surface area (Å²) in [6, 6.07) is 12.0. The third-order valence-electron chi connectivity index (χ3n) is 5.74. The van der Waals surface area contributed by atoms with Gasteiger partial charge in [-0.1, -0.05) is 56.1 Å². The van der Waals surface area contributed by atoms with Gasteiger partial charge in [0.2, 0.25) is 0 Å². The Morgan fingerprint density at radius 3 is 2.17 bits per heavy atom. The van der Waals surface area contributed by atoms with Crippen LogP contribution >= 0.6 is 35.0 Å². The summed E-state index contributed by atoms with van der Waals surface area (Å²) in [6.07, 6.45) is -4.85. The molecule has 1 amide bonds. The molecule has 0 spiro atoms. The first kappa shape index (κ1) is 32.6. The van der Waals surface area contributed by atoms with E-state index in [2.05, 4.69) is 10.0 Å². The zero-order valence-electron chi connectivity index (χ0n) is 21.8. The average molecular weight is 650 g/mol. The number of benzene rings is 3. The molecule has 3 rings (SSSR count). The number of aliphatic carboxylic acids is 1. The number of anilines is 1. The number of nitrogens with one attached hydrogen (secondary N) is 2. The van der Waals surface area contributed by atoms with Crippen LogP contribution in [0.4, 0.5) is 18.9 Å². The van der Waals surface area contributed by atoms with E-state index in [9.17, 15) is 36.3 Å². The van der Waals surface area contributed by atoms with Crippen molar-refractivity contribution in [3.63, 3.8) is 0 Å². The van der Waals surface area contributed by atoms with Crippen LogP contribution in [0.2, 0.25) is 10.0 Å². The Bertz CT molecular complexity index is 1560. The Kier molecular flexibility index (Phi) is 9.95. The zero-order valence-corrected chi connectivity index (χ0v) is 25.0. The number of amides is 1. The van der Waals surface area contributed by atoms with Crippen LogP contribution in [0.3, 0.4) is 0 Å². The van der Waals surface area contributed by atoms with E-state index in [0.717, 1.165) is 17.7 Å². The minimum absolute atomic E-state index is 0.0592. The lowest BCUT2D eigenvalue weighted by molar-refractivity contribution is -0.142. The quantitative estimate of drug-likeness (QED) is 0.209. The summed E-state index contributed by atoms with van der Waals surface area (Å²) in [5.74, 6) is -1.36. The number of thioether (sulfide) groups is 1. The molecule has 1 atom stereocenters. The second-order valence-corrected chi connectivity index (χ2v) is 13.5. The molecule has 14 heteroatoms. The maximum Gasteiger partial charge on any atom is 0.417 e. The minimum Gasteiger partial charge on any atom is -0.480 e. The van der Waals surface area contributed by atoms with E-state index in [4.69, 9.17) is 23.2 Å². The Labute approximate surface area is 249 Å². The van der Waals surface area contributed by atoms with Gasteiger partial charge in [-0.25, -0.2) is 13.2 Å². The van der Waals surface area contributed by atoms with E-state index in [1.165, 1.54) is 36.0 Å². The highest BCUT2D eigenvalue weighted by Crippen LogP contribution is 2.37. The first-order chi connectivity index (χ1) is 18.9. The Balaban J connectivity index is 1.77. The molecule has 220 valence electrons. The summed E-state index contributed by atoms with van der Waals surface area (Å²) >= 11 is 12.9. The van der Waals surface area contributed by atoms with Crippen LogP contribution in [0.1, 0.15) is 42.3 Å². The number of hydrogen-bond donors (Lipinski definition) is 3. The minimum atomic E-state index is -4.85. The van der Waals surface area contributed by atoms with Gasteiger partial charge >= 0.3 is 12.1 Å². The SMILES string of the molecule is CC(C)(C)C(NC(=O)c1ccc(CSc2ccc(Cl)cc2NS(=O)(=O)c2ccc(Cl)c(C(F)(F)F)c2)cc1)C(=O)O. The first-order valence-electron chi connectivity index (χ1n) is 11.8. The van der Waals surface area contributed by atoms with Gasteiger partial charge in [-0.2, -0.15) is 13.2 Å². The van der Waals surface area contributed by atoms with Crippen LogP contribution in [0.5, 0.6) is 0 Å². The third kappa shape index (κ3) is 8.54. The molecule has 0 radical (unpaired) electrons. The van der Waals surface area contributed by atoms with Crippen molar-refractivity contribution in [1.29, 1.82) is 0 Å². The highest BCUT2D eigenvalue weighted by molar-refractivity contribution is 7.98.